The van der Waals surface area contributed by atoms with Crippen molar-refractivity contribution in [2.24, 2.45) is 0 Å². The van der Waals surface area contributed by atoms with E-state index < -0.39 is 0 Å². The van der Waals surface area contributed by atoms with Crippen LogP contribution in [0.4, 0.5) is 0 Å². The van der Waals surface area contributed by atoms with Gasteiger partial charge in [-0.05, 0) is 11.5 Å². The standard InChI is InChI=1S/C12H14O2/c1-10(8-9-12(13)14-2)11-6-4-3-5-7-11/h3-10H,1-2H3. The first-order chi connectivity index (χ1) is 6.74. The lowest BCUT2D eigenvalue weighted by molar-refractivity contribution is -0.134. The van der Waals surface area contributed by atoms with Crippen molar-refractivity contribution in [3.8, 4) is 0 Å². The molecule has 1 unspecified atom stereocenters. The minimum absolute atomic E-state index is 0.232. The third kappa shape index (κ3) is 3.05. The molecule has 0 fully saturated rings. The highest BCUT2D eigenvalue weighted by molar-refractivity contribution is 5.81. The molecule has 0 saturated heterocycles. The molecule has 0 N–H and O–H groups in total. The van der Waals surface area contributed by atoms with Gasteiger partial charge in [0.2, 0.25) is 0 Å². The minimum atomic E-state index is -0.312. The molecule has 74 valence electrons. The average molecular weight is 190 g/mol. The summed E-state index contributed by atoms with van der Waals surface area (Å²) in [6.45, 7) is 2.04. The van der Waals surface area contributed by atoms with E-state index in [4.69, 9.17) is 0 Å². The minimum Gasteiger partial charge on any atom is -0.466 e. The first-order valence-electron chi connectivity index (χ1n) is 4.55. The molecule has 2 nitrogen and oxygen atoms in total. The zero-order chi connectivity index (χ0) is 10.4. The van der Waals surface area contributed by atoms with Gasteiger partial charge in [0.15, 0.2) is 0 Å². The van der Waals surface area contributed by atoms with Gasteiger partial charge >= 0.3 is 5.97 Å². The van der Waals surface area contributed by atoms with E-state index in [9.17, 15) is 4.79 Å². The van der Waals surface area contributed by atoms with E-state index in [1.54, 1.807) is 0 Å². The molecule has 1 aromatic carbocycles. The lowest BCUT2D eigenvalue weighted by atomic mass is 10.0. The van der Waals surface area contributed by atoms with Crippen molar-refractivity contribution in [2.45, 2.75) is 12.8 Å². The lowest BCUT2D eigenvalue weighted by Gasteiger charge is -2.04. The molecule has 0 heterocycles. The highest BCUT2D eigenvalue weighted by Crippen LogP contribution is 2.15. The number of carbonyl (C=O) groups excluding carboxylic acids is 1. The molecule has 0 aliphatic rings. The van der Waals surface area contributed by atoms with E-state index in [1.165, 1.54) is 18.7 Å². The van der Waals surface area contributed by atoms with Crippen LogP contribution in [-0.4, -0.2) is 13.1 Å². The Hall–Kier alpha value is -1.57. The number of benzene rings is 1. The van der Waals surface area contributed by atoms with Crippen molar-refractivity contribution in [3.05, 3.63) is 48.0 Å². The summed E-state index contributed by atoms with van der Waals surface area (Å²) in [5, 5.41) is 0. The second kappa shape index (κ2) is 5.22. The number of ether oxygens (including phenoxy) is 1. The van der Waals surface area contributed by atoms with Crippen LogP contribution in [0.2, 0.25) is 0 Å². The molecule has 2 heteroatoms. The topological polar surface area (TPSA) is 26.3 Å². The van der Waals surface area contributed by atoms with E-state index in [-0.39, 0.29) is 11.9 Å². The molecule has 0 saturated carbocycles. The summed E-state index contributed by atoms with van der Waals surface area (Å²) < 4.78 is 4.51. The average Bonchev–Trinajstić information content (AvgIpc) is 2.26. The number of hydrogen-bond donors (Lipinski definition) is 0. The van der Waals surface area contributed by atoms with Crippen LogP contribution in [-0.2, 0) is 9.53 Å². The molecule has 1 rings (SSSR count). The van der Waals surface area contributed by atoms with Crippen LogP contribution in [0.1, 0.15) is 18.4 Å². The maximum atomic E-state index is 10.8. The van der Waals surface area contributed by atoms with Crippen molar-refractivity contribution in [1.29, 1.82) is 0 Å². The highest BCUT2D eigenvalue weighted by atomic mass is 16.5. The summed E-state index contributed by atoms with van der Waals surface area (Å²) in [7, 11) is 1.37. The summed E-state index contributed by atoms with van der Waals surface area (Å²) in [5.74, 6) is -0.0805. The Morgan fingerprint density at radius 3 is 2.57 bits per heavy atom. The van der Waals surface area contributed by atoms with Crippen LogP contribution in [0, 0.1) is 0 Å². The Labute approximate surface area is 84.2 Å². The van der Waals surface area contributed by atoms with Gasteiger partial charge in [-0.15, -0.1) is 0 Å². The van der Waals surface area contributed by atoms with Crippen molar-refractivity contribution >= 4 is 5.97 Å². The lowest BCUT2D eigenvalue weighted by Crippen LogP contribution is -1.96. The van der Waals surface area contributed by atoms with Crippen LogP contribution < -0.4 is 0 Å². The van der Waals surface area contributed by atoms with Crippen LogP contribution in [0.25, 0.3) is 0 Å². The molecule has 0 spiro atoms. The fourth-order valence-electron chi connectivity index (χ4n) is 1.16. The van der Waals surface area contributed by atoms with Crippen LogP contribution in [0.15, 0.2) is 42.5 Å². The maximum Gasteiger partial charge on any atom is 0.330 e. The second-order valence-electron chi connectivity index (χ2n) is 3.08. The van der Waals surface area contributed by atoms with Gasteiger partial charge in [0.05, 0.1) is 7.11 Å². The number of rotatable bonds is 3. The Morgan fingerprint density at radius 1 is 1.36 bits per heavy atom. The number of methoxy groups -OCH3 is 1. The Kier molecular flexibility index (Phi) is 3.92. The molecular weight excluding hydrogens is 176 g/mol. The summed E-state index contributed by atoms with van der Waals surface area (Å²) in [4.78, 5) is 10.8. The fourth-order valence-corrected chi connectivity index (χ4v) is 1.16. The van der Waals surface area contributed by atoms with Crippen molar-refractivity contribution in [3.63, 3.8) is 0 Å². The maximum absolute atomic E-state index is 10.8. The zero-order valence-electron chi connectivity index (χ0n) is 8.44. The molecule has 14 heavy (non-hydrogen) atoms. The van der Waals surface area contributed by atoms with E-state index in [0.717, 1.165) is 0 Å². The summed E-state index contributed by atoms with van der Waals surface area (Å²) >= 11 is 0. The van der Waals surface area contributed by atoms with Crippen LogP contribution in [0.5, 0.6) is 0 Å². The van der Waals surface area contributed by atoms with Gasteiger partial charge < -0.3 is 4.74 Å². The largest absolute Gasteiger partial charge is 0.466 e. The summed E-state index contributed by atoms with van der Waals surface area (Å²) in [6, 6.07) is 10.0. The van der Waals surface area contributed by atoms with E-state index in [2.05, 4.69) is 4.74 Å². The molecule has 0 bridgehead atoms. The van der Waals surface area contributed by atoms with E-state index in [0.29, 0.717) is 0 Å². The predicted molar refractivity (Wildman–Crippen MR) is 56.0 cm³/mol. The number of carbonyl (C=O) groups is 1. The van der Waals surface area contributed by atoms with Crippen molar-refractivity contribution in [1.82, 2.24) is 0 Å². The van der Waals surface area contributed by atoms with Crippen molar-refractivity contribution < 1.29 is 9.53 Å². The SMILES string of the molecule is COC(=O)C=CC(C)c1ccccc1. The van der Waals surface area contributed by atoms with Gasteiger partial charge in [-0.2, -0.15) is 0 Å². The van der Waals surface area contributed by atoms with Gasteiger partial charge in [-0.1, -0.05) is 43.3 Å². The summed E-state index contributed by atoms with van der Waals surface area (Å²) in [6.07, 6.45) is 3.29. The normalized spacial score (nSPS) is 12.7. The first-order valence-corrected chi connectivity index (χ1v) is 4.55. The predicted octanol–water partition coefficient (Wildman–Crippen LogP) is 2.52. The molecule has 1 aromatic rings. The number of hydrogen-bond acceptors (Lipinski definition) is 2. The summed E-state index contributed by atoms with van der Waals surface area (Å²) in [5.41, 5.74) is 1.19. The Balaban J connectivity index is 2.63. The van der Waals surface area contributed by atoms with Gasteiger partial charge in [0.25, 0.3) is 0 Å². The molecule has 0 radical (unpaired) electrons. The third-order valence-corrected chi connectivity index (χ3v) is 2.05. The molecule has 0 aliphatic heterocycles. The molecular formula is C12H14O2. The monoisotopic (exact) mass is 190 g/mol. The van der Waals surface area contributed by atoms with E-state index in [1.807, 2.05) is 43.3 Å². The third-order valence-electron chi connectivity index (χ3n) is 2.05. The van der Waals surface area contributed by atoms with Gasteiger partial charge in [0.1, 0.15) is 0 Å². The molecule has 0 aromatic heterocycles. The zero-order valence-corrected chi connectivity index (χ0v) is 8.44. The number of esters is 1. The second-order valence-corrected chi connectivity index (χ2v) is 3.08. The fraction of sp³-hybridized carbons (Fsp3) is 0.250. The Morgan fingerprint density at radius 2 is 2.00 bits per heavy atom. The number of allylic oxidation sites excluding steroid dienone is 1. The first kappa shape index (κ1) is 10.5. The molecule has 0 aliphatic carbocycles. The Bertz CT molecular complexity index is 314. The molecule has 0 amide bonds. The quantitative estimate of drug-likeness (QED) is 0.540. The van der Waals surface area contributed by atoms with Crippen molar-refractivity contribution in [2.75, 3.05) is 7.11 Å². The smallest absolute Gasteiger partial charge is 0.330 e. The van der Waals surface area contributed by atoms with E-state index >= 15 is 0 Å². The molecule has 1 atom stereocenters. The highest BCUT2D eigenvalue weighted by Gasteiger charge is 2.00. The van der Waals surface area contributed by atoms with Gasteiger partial charge in [-0.3, -0.25) is 0 Å². The van der Waals surface area contributed by atoms with Gasteiger partial charge in [0, 0.05) is 6.08 Å². The van der Waals surface area contributed by atoms with Gasteiger partial charge in [-0.25, -0.2) is 4.79 Å². The van der Waals surface area contributed by atoms with Crippen LogP contribution in [0.3, 0.4) is 0 Å². The van der Waals surface area contributed by atoms with Crippen LogP contribution >= 0.6 is 0 Å².